The van der Waals surface area contributed by atoms with Crippen molar-refractivity contribution >= 4 is 5.91 Å². The molecule has 0 unspecified atom stereocenters. The highest BCUT2D eigenvalue weighted by Crippen LogP contribution is 2.15. The van der Waals surface area contributed by atoms with Gasteiger partial charge in [-0.05, 0) is 37.1 Å². The highest BCUT2D eigenvalue weighted by Gasteiger charge is 2.02. The minimum atomic E-state index is -0.212. The van der Waals surface area contributed by atoms with Gasteiger partial charge in [0.05, 0.1) is 6.54 Å². The smallest absolute Gasteiger partial charge is 0.258 e. The van der Waals surface area contributed by atoms with Gasteiger partial charge in [-0.25, -0.2) is 0 Å². The molecule has 3 heteroatoms. The van der Waals surface area contributed by atoms with Gasteiger partial charge in [0.15, 0.2) is 6.61 Å². The molecule has 0 aromatic heterocycles. The normalized spacial score (nSPS) is 9.31. The van der Waals surface area contributed by atoms with Gasteiger partial charge in [0.1, 0.15) is 5.75 Å². The maximum absolute atomic E-state index is 11.2. The van der Waals surface area contributed by atoms with Gasteiger partial charge < -0.3 is 10.1 Å². The molecule has 0 aliphatic rings. The molecule has 16 heavy (non-hydrogen) atoms. The Hall–Kier alpha value is -1.95. The van der Waals surface area contributed by atoms with Gasteiger partial charge in [0, 0.05) is 0 Å². The summed E-state index contributed by atoms with van der Waals surface area (Å²) in [5.41, 5.74) is 2.34. The number of amides is 1. The number of carbonyl (C=O) groups excluding carboxylic acids is 1. The standard InChI is InChI=1S/C13H15NO2/c1-4-7-14-13(15)9-16-12-6-5-10(2)11(3)8-12/h1,5-6,8H,7,9H2,2-3H3,(H,14,15). The number of terminal acetylenes is 1. The van der Waals surface area contributed by atoms with Crippen LogP contribution in [0.2, 0.25) is 0 Å². The molecule has 0 fully saturated rings. The fourth-order valence-electron chi connectivity index (χ4n) is 1.15. The molecule has 0 atom stereocenters. The molecule has 1 aromatic carbocycles. The Kier molecular flexibility index (Phi) is 4.41. The van der Waals surface area contributed by atoms with Crippen molar-refractivity contribution < 1.29 is 9.53 Å². The molecule has 0 aliphatic heterocycles. The predicted molar refractivity (Wildman–Crippen MR) is 63.3 cm³/mol. The van der Waals surface area contributed by atoms with E-state index in [0.29, 0.717) is 5.75 Å². The highest BCUT2D eigenvalue weighted by molar-refractivity contribution is 5.77. The summed E-state index contributed by atoms with van der Waals surface area (Å²) in [5.74, 6) is 2.81. The van der Waals surface area contributed by atoms with Gasteiger partial charge in [0.25, 0.3) is 5.91 Å². The van der Waals surface area contributed by atoms with E-state index in [4.69, 9.17) is 11.2 Å². The Balaban J connectivity index is 2.46. The zero-order valence-electron chi connectivity index (χ0n) is 9.54. The van der Waals surface area contributed by atoms with Crippen LogP contribution in [0.5, 0.6) is 5.75 Å². The Bertz CT molecular complexity index is 418. The fourth-order valence-corrected chi connectivity index (χ4v) is 1.15. The van der Waals surface area contributed by atoms with E-state index >= 15 is 0 Å². The number of benzene rings is 1. The van der Waals surface area contributed by atoms with Crippen LogP contribution in [0.3, 0.4) is 0 Å². The van der Waals surface area contributed by atoms with Crippen molar-refractivity contribution in [3.63, 3.8) is 0 Å². The Morgan fingerprint density at radius 1 is 1.44 bits per heavy atom. The van der Waals surface area contributed by atoms with Crippen molar-refractivity contribution in [1.29, 1.82) is 0 Å². The summed E-state index contributed by atoms with van der Waals surface area (Å²) < 4.78 is 5.32. The number of hydrogen-bond acceptors (Lipinski definition) is 2. The van der Waals surface area contributed by atoms with E-state index in [0.717, 1.165) is 5.56 Å². The third-order valence-corrected chi connectivity index (χ3v) is 2.24. The van der Waals surface area contributed by atoms with Crippen molar-refractivity contribution in [2.24, 2.45) is 0 Å². The summed E-state index contributed by atoms with van der Waals surface area (Å²) in [5, 5.41) is 2.53. The number of hydrogen-bond donors (Lipinski definition) is 1. The molecule has 3 nitrogen and oxygen atoms in total. The van der Waals surface area contributed by atoms with E-state index in [1.165, 1.54) is 5.56 Å². The molecule has 0 saturated carbocycles. The zero-order valence-corrected chi connectivity index (χ0v) is 9.54. The number of carbonyl (C=O) groups is 1. The second-order valence-electron chi connectivity index (χ2n) is 3.52. The van der Waals surface area contributed by atoms with Crippen molar-refractivity contribution in [1.82, 2.24) is 5.32 Å². The van der Waals surface area contributed by atoms with Gasteiger partial charge in [-0.2, -0.15) is 0 Å². The summed E-state index contributed by atoms with van der Waals surface area (Å²) >= 11 is 0. The third kappa shape index (κ3) is 3.66. The Morgan fingerprint density at radius 2 is 2.19 bits per heavy atom. The van der Waals surface area contributed by atoms with E-state index in [2.05, 4.69) is 11.2 Å². The number of rotatable bonds is 4. The number of aryl methyl sites for hydroxylation is 2. The van der Waals surface area contributed by atoms with Gasteiger partial charge in [0.2, 0.25) is 0 Å². The van der Waals surface area contributed by atoms with Crippen LogP contribution in [-0.2, 0) is 4.79 Å². The highest BCUT2D eigenvalue weighted by atomic mass is 16.5. The maximum Gasteiger partial charge on any atom is 0.258 e. The lowest BCUT2D eigenvalue weighted by Gasteiger charge is -2.07. The molecule has 1 amide bonds. The van der Waals surface area contributed by atoms with Gasteiger partial charge in [-0.3, -0.25) is 4.79 Å². The zero-order chi connectivity index (χ0) is 12.0. The second-order valence-corrected chi connectivity index (χ2v) is 3.52. The van der Waals surface area contributed by atoms with E-state index in [-0.39, 0.29) is 19.1 Å². The quantitative estimate of drug-likeness (QED) is 0.775. The van der Waals surface area contributed by atoms with Crippen molar-refractivity contribution in [2.45, 2.75) is 13.8 Å². The van der Waals surface area contributed by atoms with Gasteiger partial charge >= 0.3 is 0 Å². The molecule has 1 aromatic rings. The third-order valence-electron chi connectivity index (χ3n) is 2.24. The lowest BCUT2D eigenvalue weighted by Crippen LogP contribution is -2.29. The average molecular weight is 217 g/mol. The van der Waals surface area contributed by atoms with Crippen LogP contribution in [0, 0.1) is 26.2 Å². The minimum absolute atomic E-state index is 0.00974. The van der Waals surface area contributed by atoms with E-state index < -0.39 is 0 Å². The van der Waals surface area contributed by atoms with E-state index in [1.807, 2.05) is 32.0 Å². The minimum Gasteiger partial charge on any atom is -0.484 e. The topological polar surface area (TPSA) is 38.3 Å². The summed E-state index contributed by atoms with van der Waals surface area (Å²) in [6, 6.07) is 5.71. The first kappa shape index (κ1) is 12.1. The lowest BCUT2D eigenvalue weighted by atomic mass is 10.1. The van der Waals surface area contributed by atoms with Crippen LogP contribution in [0.25, 0.3) is 0 Å². The predicted octanol–water partition coefficient (Wildman–Crippen LogP) is 1.43. The largest absolute Gasteiger partial charge is 0.484 e. The molecular formula is C13H15NO2. The summed E-state index contributed by atoms with van der Waals surface area (Å²) in [7, 11) is 0. The summed E-state index contributed by atoms with van der Waals surface area (Å²) in [4.78, 5) is 11.2. The van der Waals surface area contributed by atoms with E-state index in [9.17, 15) is 4.79 Å². The first-order chi connectivity index (χ1) is 7.63. The van der Waals surface area contributed by atoms with Crippen LogP contribution < -0.4 is 10.1 Å². The molecule has 1 N–H and O–H groups in total. The number of nitrogens with one attached hydrogen (secondary N) is 1. The SMILES string of the molecule is C#CCNC(=O)COc1ccc(C)c(C)c1. The molecule has 84 valence electrons. The molecule has 0 saturated heterocycles. The van der Waals surface area contributed by atoms with Crippen LogP contribution in [-0.4, -0.2) is 19.1 Å². The monoisotopic (exact) mass is 217 g/mol. The van der Waals surface area contributed by atoms with E-state index in [1.54, 1.807) is 0 Å². The molecule has 0 aliphatic carbocycles. The Labute approximate surface area is 95.8 Å². The van der Waals surface area contributed by atoms with Gasteiger partial charge in [-0.15, -0.1) is 6.42 Å². The summed E-state index contributed by atoms with van der Waals surface area (Å²) in [6.07, 6.45) is 5.02. The first-order valence-electron chi connectivity index (χ1n) is 5.03. The van der Waals surface area contributed by atoms with Crippen molar-refractivity contribution in [3.05, 3.63) is 29.3 Å². The average Bonchev–Trinajstić information content (AvgIpc) is 2.28. The first-order valence-corrected chi connectivity index (χ1v) is 5.03. The van der Waals surface area contributed by atoms with Crippen LogP contribution in [0.15, 0.2) is 18.2 Å². The number of ether oxygens (including phenoxy) is 1. The Morgan fingerprint density at radius 3 is 2.81 bits per heavy atom. The summed E-state index contributed by atoms with van der Waals surface area (Å²) in [6.45, 7) is 4.25. The van der Waals surface area contributed by atoms with Crippen molar-refractivity contribution in [3.8, 4) is 18.1 Å². The molecule has 0 bridgehead atoms. The maximum atomic E-state index is 11.2. The molecule has 1 rings (SSSR count). The van der Waals surface area contributed by atoms with Gasteiger partial charge in [-0.1, -0.05) is 12.0 Å². The molecule has 0 heterocycles. The van der Waals surface area contributed by atoms with Crippen LogP contribution in [0.1, 0.15) is 11.1 Å². The lowest BCUT2D eigenvalue weighted by molar-refractivity contribution is -0.122. The second kappa shape index (κ2) is 5.82. The molecular weight excluding hydrogens is 202 g/mol. The molecule has 0 spiro atoms. The van der Waals surface area contributed by atoms with Crippen LogP contribution >= 0.6 is 0 Å². The van der Waals surface area contributed by atoms with Crippen LogP contribution in [0.4, 0.5) is 0 Å². The van der Waals surface area contributed by atoms with Crippen molar-refractivity contribution in [2.75, 3.05) is 13.2 Å². The molecule has 0 radical (unpaired) electrons. The fraction of sp³-hybridized carbons (Fsp3) is 0.308.